The number of hydrogen-bond acceptors (Lipinski definition) is 4. The fraction of sp³-hybridized carbons (Fsp3) is 0.250. The van der Waals surface area contributed by atoms with Crippen molar-refractivity contribution in [1.29, 1.82) is 0 Å². The second-order valence-electron chi connectivity index (χ2n) is 3.81. The number of rotatable bonds is 3. The van der Waals surface area contributed by atoms with Gasteiger partial charge in [0, 0.05) is 6.20 Å². The highest BCUT2D eigenvalue weighted by Crippen LogP contribution is 2.25. The first-order chi connectivity index (χ1) is 7.68. The van der Waals surface area contributed by atoms with Gasteiger partial charge in [-0.15, -0.1) is 0 Å². The summed E-state index contributed by atoms with van der Waals surface area (Å²) in [5.41, 5.74) is 9.00. The third-order valence-electron chi connectivity index (χ3n) is 2.60. The highest BCUT2D eigenvalue weighted by molar-refractivity contribution is 7.07. The van der Waals surface area contributed by atoms with Crippen molar-refractivity contribution in [1.82, 2.24) is 4.98 Å². The lowest BCUT2D eigenvalue weighted by molar-refractivity contribution is 0.880. The van der Waals surface area contributed by atoms with Crippen LogP contribution in [0.2, 0.25) is 0 Å². The van der Waals surface area contributed by atoms with E-state index in [9.17, 15) is 0 Å². The summed E-state index contributed by atoms with van der Waals surface area (Å²) >= 11 is 1.69. The van der Waals surface area contributed by atoms with Gasteiger partial charge in [0.2, 0.25) is 0 Å². The molecule has 2 aromatic rings. The van der Waals surface area contributed by atoms with Crippen molar-refractivity contribution in [2.45, 2.75) is 19.9 Å². The summed E-state index contributed by atoms with van der Waals surface area (Å²) in [5.74, 6) is 0.763. The highest BCUT2D eigenvalue weighted by atomic mass is 32.1. The number of pyridine rings is 1. The van der Waals surface area contributed by atoms with Gasteiger partial charge in [-0.2, -0.15) is 11.3 Å². The lowest BCUT2D eigenvalue weighted by atomic mass is 10.1. The summed E-state index contributed by atoms with van der Waals surface area (Å²) in [5, 5.41) is 7.52. The van der Waals surface area contributed by atoms with Crippen LogP contribution in [-0.4, -0.2) is 4.98 Å². The Morgan fingerprint density at radius 2 is 2.25 bits per heavy atom. The minimum absolute atomic E-state index is 0.225. The van der Waals surface area contributed by atoms with Crippen molar-refractivity contribution in [3.05, 3.63) is 40.2 Å². The predicted molar refractivity (Wildman–Crippen MR) is 69.7 cm³/mol. The van der Waals surface area contributed by atoms with Crippen LogP contribution in [0.3, 0.4) is 0 Å². The Morgan fingerprint density at radius 3 is 2.94 bits per heavy atom. The van der Waals surface area contributed by atoms with Crippen LogP contribution < -0.4 is 11.1 Å². The van der Waals surface area contributed by atoms with Crippen LogP contribution in [0.4, 0.5) is 11.5 Å². The van der Waals surface area contributed by atoms with E-state index in [2.05, 4.69) is 34.1 Å². The molecule has 0 saturated heterocycles. The molecule has 0 aliphatic rings. The molecule has 2 heterocycles. The summed E-state index contributed by atoms with van der Waals surface area (Å²) < 4.78 is 0. The molecule has 0 bridgehead atoms. The molecule has 3 nitrogen and oxygen atoms in total. The molecule has 0 amide bonds. The molecule has 3 N–H and O–H groups in total. The van der Waals surface area contributed by atoms with E-state index in [1.165, 1.54) is 5.56 Å². The number of nitrogens with one attached hydrogen (secondary N) is 1. The Morgan fingerprint density at radius 1 is 1.44 bits per heavy atom. The predicted octanol–water partition coefficient (Wildman–Crippen LogP) is 3.21. The van der Waals surface area contributed by atoms with Crippen LogP contribution in [-0.2, 0) is 0 Å². The number of thiophene rings is 1. The van der Waals surface area contributed by atoms with Crippen molar-refractivity contribution in [2.75, 3.05) is 11.1 Å². The fourth-order valence-corrected chi connectivity index (χ4v) is 2.25. The molecule has 16 heavy (non-hydrogen) atoms. The first-order valence-corrected chi connectivity index (χ1v) is 6.12. The van der Waals surface area contributed by atoms with E-state index in [4.69, 9.17) is 5.73 Å². The van der Waals surface area contributed by atoms with Crippen molar-refractivity contribution in [3.8, 4) is 0 Å². The van der Waals surface area contributed by atoms with Crippen LogP contribution in [0.25, 0.3) is 0 Å². The Labute approximate surface area is 99.3 Å². The zero-order chi connectivity index (χ0) is 11.5. The van der Waals surface area contributed by atoms with Gasteiger partial charge in [0.1, 0.15) is 5.82 Å². The van der Waals surface area contributed by atoms with Gasteiger partial charge >= 0.3 is 0 Å². The van der Waals surface area contributed by atoms with Crippen molar-refractivity contribution in [2.24, 2.45) is 0 Å². The van der Waals surface area contributed by atoms with Crippen LogP contribution in [0.1, 0.15) is 24.1 Å². The molecule has 2 aromatic heterocycles. The smallest absolute Gasteiger partial charge is 0.149 e. The molecule has 0 aliphatic carbocycles. The van der Waals surface area contributed by atoms with E-state index in [1.807, 2.05) is 13.0 Å². The largest absolute Gasteiger partial charge is 0.396 e. The molecule has 4 heteroatoms. The molecule has 0 spiro atoms. The lowest BCUT2D eigenvalue weighted by Crippen LogP contribution is -2.09. The maximum Gasteiger partial charge on any atom is 0.149 e. The summed E-state index contributed by atoms with van der Waals surface area (Å²) in [6, 6.07) is 4.24. The fourth-order valence-electron chi connectivity index (χ4n) is 1.49. The number of anilines is 2. The summed E-state index contributed by atoms with van der Waals surface area (Å²) in [6.07, 6.45) is 1.77. The molecule has 0 radical (unpaired) electrons. The molecule has 84 valence electrons. The van der Waals surface area contributed by atoms with Gasteiger partial charge in [-0.3, -0.25) is 0 Å². The third kappa shape index (κ3) is 2.17. The Hall–Kier alpha value is -1.55. The summed E-state index contributed by atoms with van der Waals surface area (Å²) in [4.78, 5) is 4.26. The topological polar surface area (TPSA) is 50.9 Å². The van der Waals surface area contributed by atoms with Crippen molar-refractivity contribution >= 4 is 22.8 Å². The third-order valence-corrected chi connectivity index (χ3v) is 3.31. The van der Waals surface area contributed by atoms with Crippen LogP contribution >= 0.6 is 11.3 Å². The van der Waals surface area contributed by atoms with E-state index in [-0.39, 0.29) is 6.04 Å². The Balaban J connectivity index is 2.18. The Bertz CT molecular complexity index is 465. The van der Waals surface area contributed by atoms with E-state index in [0.717, 1.165) is 17.1 Å². The molecule has 1 unspecified atom stereocenters. The standard InChI is InChI=1S/C12H15N3S/c1-8-3-5-14-12(11(8)13)15-9(2)10-4-6-16-7-10/h3-7,9H,13H2,1-2H3,(H,14,15). The summed E-state index contributed by atoms with van der Waals surface area (Å²) in [7, 11) is 0. The lowest BCUT2D eigenvalue weighted by Gasteiger charge is -2.15. The van der Waals surface area contributed by atoms with Crippen molar-refractivity contribution < 1.29 is 0 Å². The van der Waals surface area contributed by atoms with E-state index in [1.54, 1.807) is 17.5 Å². The van der Waals surface area contributed by atoms with E-state index in [0.29, 0.717) is 0 Å². The van der Waals surface area contributed by atoms with Crippen molar-refractivity contribution in [3.63, 3.8) is 0 Å². The quantitative estimate of drug-likeness (QED) is 0.856. The molecule has 1 atom stereocenters. The Kier molecular flexibility index (Phi) is 3.10. The summed E-state index contributed by atoms with van der Waals surface area (Å²) in [6.45, 7) is 4.09. The van der Waals surface area contributed by atoms with Crippen LogP contribution in [0, 0.1) is 6.92 Å². The van der Waals surface area contributed by atoms with E-state index < -0.39 is 0 Å². The minimum Gasteiger partial charge on any atom is -0.396 e. The second kappa shape index (κ2) is 4.53. The molecule has 0 aromatic carbocycles. The SMILES string of the molecule is Cc1ccnc(NC(C)c2ccsc2)c1N. The van der Waals surface area contributed by atoms with Gasteiger partial charge in [-0.05, 0) is 47.9 Å². The van der Waals surface area contributed by atoms with E-state index >= 15 is 0 Å². The van der Waals surface area contributed by atoms with Gasteiger partial charge in [0.15, 0.2) is 0 Å². The molecular weight excluding hydrogens is 218 g/mol. The van der Waals surface area contributed by atoms with Gasteiger partial charge in [-0.1, -0.05) is 0 Å². The second-order valence-corrected chi connectivity index (χ2v) is 4.59. The minimum atomic E-state index is 0.225. The van der Waals surface area contributed by atoms with Gasteiger partial charge < -0.3 is 11.1 Å². The molecule has 0 saturated carbocycles. The van der Waals surface area contributed by atoms with Gasteiger partial charge in [-0.25, -0.2) is 4.98 Å². The van der Waals surface area contributed by atoms with Gasteiger partial charge in [0.25, 0.3) is 0 Å². The average molecular weight is 233 g/mol. The number of aromatic nitrogens is 1. The maximum atomic E-state index is 5.96. The monoisotopic (exact) mass is 233 g/mol. The zero-order valence-electron chi connectivity index (χ0n) is 9.40. The molecule has 0 aliphatic heterocycles. The highest BCUT2D eigenvalue weighted by Gasteiger charge is 2.09. The molecular formula is C12H15N3S. The van der Waals surface area contributed by atoms with Crippen LogP contribution in [0.15, 0.2) is 29.1 Å². The number of hydrogen-bond donors (Lipinski definition) is 2. The first-order valence-electron chi connectivity index (χ1n) is 5.18. The number of aryl methyl sites for hydroxylation is 1. The molecule has 2 rings (SSSR count). The average Bonchev–Trinajstić information content (AvgIpc) is 2.78. The van der Waals surface area contributed by atoms with Crippen LogP contribution in [0.5, 0.6) is 0 Å². The molecule has 0 fully saturated rings. The number of nitrogens with two attached hydrogens (primary N) is 1. The first kappa shape index (κ1) is 11.0. The number of nitrogens with zero attached hydrogens (tertiary/aromatic N) is 1. The van der Waals surface area contributed by atoms with Gasteiger partial charge in [0.05, 0.1) is 11.7 Å². The number of nitrogen functional groups attached to an aromatic ring is 1. The normalized spacial score (nSPS) is 12.4. The zero-order valence-corrected chi connectivity index (χ0v) is 10.2. The maximum absolute atomic E-state index is 5.96.